The summed E-state index contributed by atoms with van der Waals surface area (Å²) in [5, 5.41) is 8.90. The fraction of sp³-hybridized carbons (Fsp3) is 0.444. The Balaban J connectivity index is 1.75. The third-order valence-electron chi connectivity index (χ3n) is 4.86. The predicted molar refractivity (Wildman–Crippen MR) is 82.9 cm³/mol. The van der Waals surface area contributed by atoms with Gasteiger partial charge >= 0.3 is 5.97 Å². The van der Waals surface area contributed by atoms with Gasteiger partial charge in [-0.25, -0.2) is 8.78 Å². The van der Waals surface area contributed by atoms with Gasteiger partial charge in [0.1, 0.15) is 0 Å². The molecule has 3 unspecified atom stereocenters. The summed E-state index contributed by atoms with van der Waals surface area (Å²) in [4.78, 5) is 25.2. The summed E-state index contributed by atoms with van der Waals surface area (Å²) >= 11 is 0. The van der Waals surface area contributed by atoms with Crippen LogP contribution >= 0.6 is 0 Å². The highest BCUT2D eigenvalue weighted by Crippen LogP contribution is 2.44. The van der Waals surface area contributed by atoms with Gasteiger partial charge in [-0.15, -0.1) is 0 Å². The Hall–Kier alpha value is -2.24. The van der Waals surface area contributed by atoms with Gasteiger partial charge in [-0.2, -0.15) is 0 Å². The Bertz CT molecular complexity index is 689. The van der Waals surface area contributed by atoms with Crippen LogP contribution in [0.2, 0.25) is 0 Å². The van der Waals surface area contributed by atoms with Gasteiger partial charge in [0.2, 0.25) is 5.91 Å². The van der Waals surface area contributed by atoms with Crippen LogP contribution in [0.4, 0.5) is 8.78 Å². The molecule has 1 amide bonds. The number of allylic oxidation sites excluding steroid dienone is 2. The van der Waals surface area contributed by atoms with Crippen molar-refractivity contribution in [2.24, 2.45) is 17.8 Å². The van der Waals surface area contributed by atoms with E-state index >= 15 is 0 Å². The minimum absolute atomic E-state index is 0.0603. The molecule has 2 aliphatic rings. The third kappa shape index (κ3) is 3.47. The largest absolute Gasteiger partial charge is 0.481 e. The Morgan fingerprint density at radius 2 is 1.96 bits per heavy atom. The molecule has 1 aromatic carbocycles. The Kier molecular flexibility index (Phi) is 4.64. The van der Waals surface area contributed by atoms with Crippen LogP contribution < -0.4 is 0 Å². The molecule has 128 valence electrons. The number of carbonyl (C=O) groups is 2. The lowest BCUT2D eigenvalue weighted by molar-refractivity contribution is -0.140. The van der Waals surface area contributed by atoms with E-state index in [1.807, 2.05) is 0 Å². The number of rotatable bonds is 6. The average Bonchev–Trinajstić information content (AvgIpc) is 3.17. The molecule has 3 rings (SSSR count). The summed E-state index contributed by atoms with van der Waals surface area (Å²) in [5.41, 5.74) is 0.450. The third-order valence-corrected chi connectivity index (χ3v) is 4.86. The first-order valence-electron chi connectivity index (χ1n) is 8.07. The van der Waals surface area contributed by atoms with Crippen LogP contribution in [-0.4, -0.2) is 28.4 Å². The number of amides is 1. The van der Waals surface area contributed by atoms with Gasteiger partial charge in [0.25, 0.3) is 0 Å². The van der Waals surface area contributed by atoms with E-state index in [0.717, 1.165) is 25.0 Å². The van der Waals surface area contributed by atoms with E-state index in [2.05, 4.69) is 12.2 Å². The first-order valence-corrected chi connectivity index (χ1v) is 8.07. The van der Waals surface area contributed by atoms with Crippen molar-refractivity contribution < 1.29 is 23.5 Å². The summed E-state index contributed by atoms with van der Waals surface area (Å²) in [6, 6.07) is 3.49. The zero-order valence-corrected chi connectivity index (χ0v) is 13.1. The van der Waals surface area contributed by atoms with Gasteiger partial charge in [0.15, 0.2) is 11.6 Å². The maximum Gasteiger partial charge on any atom is 0.305 e. The lowest BCUT2D eigenvalue weighted by Crippen LogP contribution is -2.38. The van der Waals surface area contributed by atoms with Crippen molar-refractivity contribution in [1.82, 2.24) is 4.90 Å². The molecule has 0 spiro atoms. The summed E-state index contributed by atoms with van der Waals surface area (Å²) in [5.74, 6) is -2.52. The summed E-state index contributed by atoms with van der Waals surface area (Å²) in [6.07, 6.45) is 5.76. The second-order valence-corrected chi connectivity index (χ2v) is 6.54. The Morgan fingerprint density at radius 3 is 2.54 bits per heavy atom. The van der Waals surface area contributed by atoms with Gasteiger partial charge in [-0.3, -0.25) is 9.59 Å². The van der Waals surface area contributed by atoms with Gasteiger partial charge in [0.05, 0.1) is 6.42 Å². The van der Waals surface area contributed by atoms with Gasteiger partial charge in [-0.05, 0) is 42.4 Å². The van der Waals surface area contributed by atoms with E-state index in [-0.39, 0.29) is 37.3 Å². The second kappa shape index (κ2) is 6.71. The molecular weight excluding hydrogens is 316 g/mol. The number of nitrogens with zero attached hydrogens (tertiary/aromatic N) is 1. The van der Waals surface area contributed by atoms with E-state index in [4.69, 9.17) is 5.11 Å². The number of hydrogen-bond acceptors (Lipinski definition) is 2. The minimum atomic E-state index is -0.995. The van der Waals surface area contributed by atoms with Gasteiger partial charge in [0, 0.05) is 19.0 Å². The monoisotopic (exact) mass is 335 g/mol. The van der Waals surface area contributed by atoms with E-state index in [0.29, 0.717) is 11.5 Å². The molecule has 1 fully saturated rings. The molecule has 0 saturated heterocycles. The van der Waals surface area contributed by atoms with E-state index in [1.54, 1.807) is 0 Å². The summed E-state index contributed by atoms with van der Waals surface area (Å²) < 4.78 is 26.4. The number of carbonyl (C=O) groups excluding carboxylic acids is 1. The number of fused-ring (bicyclic) bond motifs is 2. The van der Waals surface area contributed by atoms with Gasteiger partial charge in [-0.1, -0.05) is 18.2 Å². The second-order valence-electron chi connectivity index (χ2n) is 6.54. The molecule has 3 atom stereocenters. The number of halogens is 2. The molecule has 0 radical (unpaired) electrons. The molecule has 2 bridgehead atoms. The number of hydrogen-bond donors (Lipinski definition) is 1. The zero-order valence-electron chi connectivity index (χ0n) is 13.1. The quantitative estimate of drug-likeness (QED) is 0.813. The number of carboxylic acids is 1. The van der Waals surface area contributed by atoms with Crippen molar-refractivity contribution in [2.45, 2.75) is 25.8 Å². The smallest absolute Gasteiger partial charge is 0.305 e. The van der Waals surface area contributed by atoms with Crippen LogP contribution in [0.15, 0.2) is 30.4 Å². The molecule has 0 aliphatic heterocycles. The molecule has 0 heterocycles. The van der Waals surface area contributed by atoms with Crippen molar-refractivity contribution in [3.8, 4) is 0 Å². The van der Waals surface area contributed by atoms with Gasteiger partial charge < -0.3 is 10.0 Å². The van der Waals surface area contributed by atoms with Crippen LogP contribution in [0, 0.1) is 29.4 Å². The van der Waals surface area contributed by atoms with Crippen LogP contribution in [0.3, 0.4) is 0 Å². The minimum Gasteiger partial charge on any atom is -0.481 e. The summed E-state index contributed by atoms with van der Waals surface area (Å²) in [7, 11) is 0. The molecule has 6 heteroatoms. The molecule has 0 aromatic heterocycles. The molecular formula is C18H19F2NO3. The normalized spacial score (nSPS) is 24.3. The Labute approximate surface area is 138 Å². The van der Waals surface area contributed by atoms with E-state index in [1.165, 1.54) is 11.0 Å². The van der Waals surface area contributed by atoms with Crippen molar-refractivity contribution in [3.05, 3.63) is 47.5 Å². The highest BCUT2D eigenvalue weighted by atomic mass is 19.2. The predicted octanol–water partition coefficient (Wildman–Crippen LogP) is 2.98. The van der Waals surface area contributed by atoms with E-state index < -0.39 is 17.6 Å². The van der Waals surface area contributed by atoms with Crippen molar-refractivity contribution in [2.75, 3.05) is 6.54 Å². The maximum absolute atomic E-state index is 13.4. The van der Waals surface area contributed by atoms with Crippen molar-refractivity contribution in [1.29, 1.82) is 0 Å². The molecule has 1 saturated carbocycles. The Morgan fingerprint density at radius 1 is 1.17 bits per heavy atom. The van der Waals surface area contributed by atoms with E-state index in [9.17, 15) is 18.4 Å². The van der Waals surface area contributed by atoms with Crippen LogP contribution in [0.1, 0.15) is 24.8 Å². The topological polar surface area (TPSA) is 57.6 Å². The fourth-order valence-corrected chi connectivity index (χ4v) is 3.66. The lowest BCUT2D eigenvalue weighted by Gasteiger charge is -2.28. The molecule has 2 aliphatic carbocycles. The highest BCUT2D eigenvalue weighted by molar-refractivity contribution is 5.80. The highest BCUT2D eigenvalue weighted by Gasteiger charge is 2.41. The molecule has 4 nitrogen and oxygen atoms in total. The van der Waals surface area contributed by atoms with Crippen molar-refractivity contribution in [3.63, 3.8) is 0 Å². The van der Waals surface area contributed by atoms with Crippen molar-refractivity contribution >= 4 is 11.9 Å². The van der Waals surface area contributed by atoms with Crippen LogP contribution in [0.25, 0.3) is 0 Å². The number of benzene rings is 1. The molecule has 24 heavy (non-hydrogen) atoms. The molecule has 1 N–H and O–H groups in total. The zero-order chi connectivity index (χ0) is 17.3. The maximum atomic E-state index is 13.4. The SMILES string of the molecule is O=C(O)CCN(Cc1ccc(F)c(F)c1)C(=O)C1CC2C=CC1C2. The van der Waals surface area contributed by atoms with Crippen LogP contribution in [-0.2, 0) is 16.1 Å². The number of carboxylic acid groups (broad SMARTS) is 1. The van der Waals surface area contributed by atoms with Crippen LogP contribution in [0.5, 0.6) is 0 Å². The first kappa shape index (κ1) is 16.6. The number of aliphatic carboxylic acids is 1. The average molecular weight is 335 g/mol. The lowest BCUT2D eigenvalue weighted by atomic mass is 9.92. The fourth-order valence-electron chi connectivity index (χ4n) is 3.66. The summed E-state index contributed by atoms with van der Waals surface area (Å²) in [6.45, 7) is 0.145. The first-order chi connectivity index (χ1) is 11.4. The standard InChI is InChI=1S/C18H19F2NO3/c19-15-4-2-12(9-16(15)20)10-21(6-5-17(22)23)18(24)14-8-11-1-3-13(14)7-11/h1-4,9,11,13-14H,5-8,10H2,(H,22,23). The molecule has 1 aromatic rings.